The second-order valence-electron chi connectivity index (χ2n) is 8.24. The van der Waals surface area contributed by atoms with E-state index in [2.05, 4.69) is 21.7 Å². The minimum absolute atomic E-state index is 0.0151. The van der Waals surface area contributed by atoms with Crippen molar-refractivity contribution >= 4 is 51.3 Å². The summed E-state index contributed by atoms with van der Waals surface area (Å²) >= 11 is 7.86. The van der Waals surface area contributed by atoms with Crippen molar-refractivity contribution in [2.24, 2.45) is 0 Å². The lowest BCUT2D eigenvalue weighted by Gasteiger charge is -2.28. The van der Waals surface area contributed by atoms with Crippen molar-refractivity contribution in [1.82, 2.24) is 9.88 Å². The molecule has 0 saturated carbocycles. The molecule has 1 aliphatic heterocycles. The summed E-state index contributed by atoms with van der Waals surface area (Å²) in [6.45, 7) is 5.00. The molecule has 0 unspecified atom stereocenters. The summed E-state index contributed by atoms with van der Waals surface area (Å²) in [5.41, 5.74) is 5.08. The van der Waals surface area contributed by atoms with Gasteiger partial charge in [0.15, 0.2) is 0 Å². The van der Waals surface area contributed by atoms with Crippen LogP contribution < -0.4 is 5.32 Å². The number of hydrogen-bond donors (Lipinski definition) is 1. The van der Waals surface area contributed by atoms with Gasteiger partial charge in [-0.3, -0.25) is 14.6 Å². The van der Waals surface area contributed by atoms with Crippen LogP contribution in [0, 0.1) is 13.8 Å². The summed E-state index contributed by atoms with van der Waals surface area (Å²) < 4.78 is 0. The van der Waals surface area contributed by atoms with Gasteiger partial charge < -0.3 is 10.2 Å². The second kappa shape index (κ2) is 8.61. The summed E-state index contributed by atoms with van der Waals surface area (Å²) in [5, 5.41) is 6.45. The molecule has 0 atom stereocenters. The first-order chi connectivity index (χ1) is 15.9. The maximum atomic E-state index is 13.3. The van der Waals surface area contributed by atoms with Crippen LogP contribution in [0.4, 0.5) is 5.69 Å². The molecule has 2 aromatic heterocycles. The van der Waals surface area contributed by atoms with Crippen LogP contribution in [0.1, 0.15) is 42.4 Å². The first kappa shape index (κ1) is 21.6. The van der Waals surface area contributed by atoms with Gasteiger partial charge in [-0.1, -0.05) is 17.7 Å². The molecule has 1 aliphatic rings. The molecular formula is C26H22ClN3O2S. The number of anilines is 1. The molecule has 3 heterocycles. The van der Waals surface area contributed by atoms with Gasteiger partial charge in [0.1, 0.15) is 0 Å². The second-order valence-corrected chi connectivity index (χ2v) is 9.67. The monoisotopic (exact) mass is 475 g/mol. The van der Waals surface area contributed by atoms with E-state index in [0.29, 0.717) is 40.6 Å². The average molecular weight is 476 g/mol. The van der Waals surface area contributed by atoms with Crippen LogP contribution in [0.2, 0.25) is 5.02 Å². The fourth-order valence-electron chi connectivity index (χ4n) is 4.26. The van der Waals surface area contributed by atoms with E-state index in [1.165, 1.54) is 10.4 Å². The zero-order valence-corrected chi connectivity index (χ0v) is 19.9. The van der Waals surface area contributed by atoms with Crippen LogP contribution in [0.3, 0.4) is 0 Å². The van der Waals surface area contributed by atoms with Gasteiger partial charge in [0.2, 0.25) is 0 Å². The van der Waals surface area contributed by atoms with E-state index in [1.54, 1.807) is 35.6 Å². The molecule has 2 amide bonds. The van der Waals surface area contributed by atoms with Gasteiger partial charge in [0.25, 0.3) is 11.8 Å². The number of pyridine rings is 1. The number of fused-ring (bicyclic) bond motifs is 2. The van der Waals surface area contributed by atoms with E-state index in [4.69, 9.17) is 11.6 Å². The zero-order valence-electron chi connectivity index (χ0n) is 18.3. The Morgan fingerprint density at radius 1 is 1.09 bits per heavy atom. The molecule has 5 rings (SSSR count). The molecule has 33 heavy (non-hydrogen) atoms. The van der Waals surface area contributed by atoms with E-state index < -0.39 is 0 Å². The van der Waals surface area contributed by atoms with Gasteiger partial charge in [-0.05, 0) is 79.2 Å². The Balaban J connectivity index is 1.40. The summed E-state index contributed by atoms with van der Waals surface area (Å²) in [7, 11) is 0. The molecule has 0 fully saturated rings. The molecule has 166 valence electrons. The molecule has 5 nitrogen and oxygen atoms in total. The predicted molar refractivity (Wildman–Crippen MR) is 133 cm³/mol. The van der Waals surface area contributed by atoms with Crippen LogP contribution in [0.25, 0.3) is 10.9 Å². The zero-order chi connectivity index (χ0) is 23.1. The van der Waals surface area contributed by atoms with Gasteiger partial charge in [0, 0.05) is 39.6 Å². The SMILES string of the molecule is Cc1nc2ccc(Cl)cc2cc1C(=O)Nc1cccc(C(=O)N2CCc3sccc3C2)c1C. The molecule has 1 N–H and O–H groups in total. The first-order valence-corrected chi connectivity index (χ1v) is 12.0. The number of aryl methyl sites for hydroxylation is 1. The highest BCUT2D eigenvalue weighted by Gasteiger charge is 2.24. The maximum Gasteiger partial charge on any atom is 0.257 e. The number of halogens is 1. The van der Waals surface area contributed by atoms with Gasteiger partial charge in [-0.25, -0.2) is 0 Å². The number of rotatable bonds is 3. The Kier molecular flexibility index (Phi) is 5.64. The van der Waals surface area contributed by atoms with Crippen molar-refractivity contribution in [3.63, 3.8) is 0 Å². The fourth-order valence-corrected chi connectivity index (χ4v) is 5.33. The van der Waals surface area contributed by atoms with Gasteiger partial charge >= 0.3 is 0 Å². The number of hydrogen-bond acceptors (Lipinski definition) is 4. The largest absolute Gasteiger partial charge is 0.334 e. The standard InChI is InChI=1S/C26H22ClN3O2S/c1-15-20(26(32)30-10-8-24-17(14-30)9-11-33-24)4-3-5-22(15)29-25(31)21-13-18-12-19(27)6-7-23(18)28-16(21)2/h3-7,9,11-13H,8,10,14H2,1-2H3,(H,29,31). The van der Waals surface area contributed by atoms with Crippen LogP contribution in [0.15, 0.2) is 53.9 Å². The molecular weight excluding hydrogens is 454 g/mol. The molecule has 0 aliphatic carbocycles. The molecule has 4 aromatic rings. The minimum Gasteiger partial charge on any atom is -0.334 e. The summed E-state index contributed by atoms with van der Waals surface area (Å²) in [5.74, 6) is -0.283. The van der Waals surface area contributed by atoms with E-state index in [9.17, 15) is 9.59 Å². The van der Waals surface area contributed by atoms with Crippen molar-refractivity contribution in [3.05, 3.63) is 91.8 Å². The molecule has 2 aromatic carbocycles. The summed E-state index contributed by atoms with van der Waals surface area (Å²) in [6, 6.07) is 14.8. The lowest BCUT2D eigenvalue weighted by molar-refractivity contribution is 0.0735. The number of aromatic nitrogens is 1. The normalized spacial score (nSPS) is 13.1. The van der Waals surface area contributed by atoms with Gasteiger partial charge in [0.05, 0.1) is 16.8 Å². The van der Waals surface area contributed by atoms with E-state index >= 15 is 0 Å². The third-order valence-corrected chi connectivity index (χ3v) is 7.38. The highest BCUT2D eigenvalue weighted by molar-refractivity contribution is 7.10. The molecule has 0 saturated heterocycles. The topological polar surface area (TPSA) is 62.3 Å². The molecule has 0 radical (unpaired) electrons. The Bertz CT molecular complexity index is 1410. The smallest absolute Gasteiger partial charge is 0.257 e. The summed E-state index contributed by atoms with van der Waals surface area (Å²) in [6.07, 6.45) is 0.881. The Morgan fingerprint density at radius 3 is 2.79 bits per heavy atom. The average Bonchev–Trinajstić information content (AvgIpc) is 3.27. The third kappa shape index (κ3) is 4.12. The summed E-state index contributed by atoms with van der Waals surface area (Å²) in [4.78, 5) is 34.2. The molecule has 0 bridgehead atoms. The van der Waals surface area contributed by atoms with Crippen LogP contribution in [-0.2, 0) is 13.0 Å². The maximum absolute atomic E-state index is 13.3. The van der Waals surface area contributed by atoms with Crippen molar-refractivity contribution in [2.75, 3.05) is 11.9 Å². The van der Waals surface area contributed by atoms with E-state index in [-0.39, 0.29) is 11.8 Å². The fraction of sp³-hybridized carbons (Fsp3) is 0.192. The number of amides is 2. The van der Waals surface area contributed by atoms with E-state index in [1.807, 2.05) is 36.9 Å². The number of benzene rings is 2. The Morgan fingerprint density at radius 2 is 1.94 bits per heavy atom. The Hall–Kier alpha value is -3.22. The van der Waals surface area contributed by atoms with Crippen molar-refractivity contribution in [3.8, 4) is 0 Å². The first-order valence-electron chi connectivity index (χ1n) is 10.7. The molecule has 7 heteroatoms. The number of carbonyl (C=O) groups is 2. The number of nitrogens with zero attached hydrogens (tertiary/aromatic N) is 2. The van der Waals surface area contributed by atoms with Crippen LogP contribution in [-0.4, -0.2) is 28.2 Å². The van der Waals surface area contributed by atoms with Gasteiger partial charge in [-0.2, -0.15) is 0 Å². The van der Waals surface area contributed by atoms with Crippen molar-refractivity contribution < 1.29 is 9.59 Å². The number of nitrogens with one attached hydrogen (secondary N) is 1. The highest BCUT2D eigenvalue weighted by atomic mass is 35.5. The van der Waals surface area contributed by atoms with Gasteiger partial charge in [-0.15, -0.1) is 11.3 Å². The Labute approximate surface area is 201 Å². The molecule has 0 spiro atoms. The van der Waals surface area contributed by atoms with Crippen LogP contribution >= 0.6 is 22.9 Å². The highest BCUT2D eigenvalue weighted by Crippen LogP contribution is 2.28. The lowest BCUT2D eigenvalue weighted by atomic mass is 10.0. The van der Waals surface area contributed by atoms with Crippen molar-refractivity contribution in [2.45, 2.75) is 26.8 Å². The quantitative estimate of drug-likeness (QED) is 0.394. The third-order valence-electron chi connectivity index (χ3n) is 6.12. The lowest BCUT2D eigenvalue weighted by Crippen LogP contribution is -2.35. The van der Waals surface area contributed by atoms with Crippen LogP contribution in [0.5, 0.6) is 0 Å². The predicted octanol–water partition coefficient (Wildman–Crippen LogP) is 6.02. The van der Waals surface area contributed by atoms with Crippen molar-refractivity contribution in [1.29, 1.82) is 0 Å². The number of thiophene rings is 1. The van der Waals surface area contributed by atoms with E-state index in [0.717, 1.165) is 22.9 Å². The number of carbonyl (C=O) groups excluding carboxylic acids is 2. The minimum atomic E-state index is -0.268.